The van der Waals surface area contributed by atoms with E-state index in [2.05, 4.69) is 14.7 Å². The molecule has 2 rings (SSSR count). The van der Waals surface area contributed by atoms with Crippen molar-refractivity contribution >= 4 is 11.9 Å². The lowest BCUT2D eigenvalue weighted by Gasteiger charge is -2.12. The van der Waals surface area contributed by atoms with Crippen LogP contribution in [0.4, 0.5) is 8.78 Å². The second-order valence-electron chi connectivity index (χ2n) is 6.46. The summed E-state index contributed by atoms with van der Waals surface area (Å²) in [7, 11) is 2.94. The van der Waals surface area contributed by atoms with Gasteiger partial charge in [0.2, 0.25) is 0 Å². The molecule has 1 aromatic carbocycles. The lowest BCUT2D eigenvalue weighted by Crippen LogP contribution is -2.03. The Bertz CT molecular complexity index is 947. The zero-order valence-electron chi connectivity index (χ0n) is 17.2. The van der Waals surface area contributed by atoms with Crippen LogP contribution >= 0.6 is 0 Å². The second-order valence-corrected chi connectivity index (χ2v) is 6.46. The maximum atomic E-state index is 14.1. The van der Waals surface area contributed by atoms with Crippen molar-refractivity contribution in [1.29, 1.82) is 0 Å². The van der Waals surface area contributed by atoms with E-state index < -0.39 is 11.7 Å². The number of aryl methyl sites for hydroxylation is 1. The maximum Gasteiger partial charge on any atom is 0.158 e. The monoisotopic (exact) mass is 414 g/mol. The molecule has 0 aliphatic carbocycles. The molecule has 0 N–H and O–H groups in total. The van der Waals surface area contributed by atoms with Crippen LogP contribution in [0.15, 0.2) is 60.5 Å². The first-order valence-corrected chi connectivity index (χ1v) is 9.33. The molecule has 30 heavy (non-hydrogen) atoms. The summed E-state index contributed by atoms with van der Waals surface area (Å²) in [6.45, 7) is 1.84. The molecule has 0 amide bonds. The summed E-state index contributed by atoms with van der Waals surface area (Å²) < 4.78 is 37.6. The van der Waals surface area contributed by atoms with Gasteiger partial charge in [0.15, 0.2) is 5.83 Å². The lowest BCUT2D eigenvalue weighted by atomic mass is 10.0. The molecule has 7 heteroatoms. The lowest BCUT2D eigenvalue weighted by molar-refractivity contribution is 0.112. The van der Waals surface area contributed by atoms with E-state index in [9.17, 15) is 13.6 Å². The third kappa shape index (κ3) is 6.70. The Morgan fingerprint density at radius 2 is 1.87 bits per heavy atom. The number of ether oxygens (including phenoxy) is 2. The summed E-state index contributed by atoms with van der Waals surface area (Å²) in [5.41, 5.74) is 2.86. The average molecular weight is 414 g/mol. The van der Waals surface area contributed by atoms with Gasteiger partial charge in [-0.05, 0) is 31.9 Å². The van der Waals surface area contributed by atoms with Crippen LogP contribution in [0, 0.1) is 0 Å². The van der Waals surface area contributed by atoms with E-state index >= 15 is 0 Å². The molecule has 0 spiro atoms. The Morgan fingerprint density at radius 3 is 2.47 bits per heavy atom. The van der Waals surface area contributed by atoms with Gasteiger partial charge in [0.1, 0.15) is 12.5 Å². The normalized spacial score (nSPS) is 12.8. The molecule has 0 atom stereocenters. The van der Waals surface area contributed by atoms with Crippen LogP contribution < -0.4 is 0 Å². The molecule has 1 aromatic heterocycles. The van der Waals surface area contributed by atoms with Crippen molar-refractivity contribution in [3.8, 4) is 11.3 Å². The number of nitrogens with zero attached hydrogens (tertiary/aromatic N) is 2. The number of aldehydes is 1. The third-order valence-electron chi connectivity index (χ3n) is 4.08. The van der Waals surface area contributed by atoms with Crippen molar-refractivity contribution in [2.45, 2.75) is 19.8 Å². The molecule has 0 radical (unpaired) electrons. The molecule has 158 valence electrons. The predicted molar refractivity (Wildman–Crippen MR) is 112 cm³/mol. The molecule has 0 fully saturated rings. The highest BCUT2D eigenvalue weighted by molar-refractivity contribution is 5.84. The van der Waals surface area contributed by atoms with Crippen molar-refractivity contribution in [2.75, 3.05) is 20.8 Å². The van der Waals surface area contributed by atoms with Gasteiger partial charge in [0.05, 0.1) is 30.0 Å². The van der Waals surface area contributed by atoms with Gasteiger partial charge in [-0.2, -0.15) is 0 Å². The van der Waals surface area contributed by atoms with Crippen molar-refractivity contribution in [3.05, 3.63) is 77.5 Å². The van der Waals surface area contributed by atoms with Crippen LogP contribution in [0.1, 0.15) is 35.1 Å². The van der Waals surface area contributed by atoms with Crippen molar-refractivity contribution < 1.29 is 23.0 Å². The third-order valence-corrected chi connectivity index (χ3v) is 4.08. The van der Waals surface area contributed by atoms with Crippen LogP contribution in [0.25, 0.3) is 16.8 Å². The molecular weight excluding hydrogens is 390 g/mol. The smallest absolute Gasteiger partial charge is 0.158 e. The largest absolute Gasteiger partial charge is 0.501 e. The molecule has 2 aromatic rings. The highest BCUT2D eigenvalue weighted by atomic mass is 19.1. The van der Waals surface area contributed by atoms with Crippen molar-refractivity contribution in [1.82, 2.24) is 9.97 Å². The highest BCUT2D eigenvalue weighted by Crippen LogP contribution is 2.29. The van der Waals surface area contributed by atoms with Gasteiger partial charge in [0, 0.05) is 36.6 Å². The van der Waals surface area contributed by atoms with Gasteiger partial charge in [-0.15, -0.1) is 0 Å². The van der Waals surface area contributed by atoms with Gasteiger partial charge in [-0.3, -0.25) is 9.78 Å². The quantitative estimate of drug-likeness (QED) is 0.230. The predicted octanol–water partition coefficient (Wildman–Crippen LogP) is 5.25. The van der Waals surface area contributed by atoms with Gasteiger partial charge >= 0.3 is 0 Å². The van der Waals surface area contributed by atoms with Gasteiger partial charge < -0.3 is 9.47 Å². The molecule has 0 saturated heterocycles. The number of hydrogen-bond donors (Lipinski definition) is 0. The molecular formula is C23H24F2N2O3. The maximum absolute atomic E-state index is 14.1. The number of methoxy groups -OCH3 is 2. The number of rotatable bonds is 10. The van der Waals surface area contributed by atoms with Crippen molar-refractivity contribution in [2.24, 2.45) is 0 Å². The first-order valence-electron chi connectivity index (χ1n) is 9.33. The van der Waals surface area contributed by atoms with Gasteiger partial charge in [0.25, 0.3) is 0 Å². The van der Waals surface area contributed by atoms with E-state index in [1.165, 1.54) is 20.1 Å². The molecule has 0 aliphatic rings. The summed E-state index contributed by atoms with van der Waals surface area (Å²) in [4.78, 5) is 20.1. The fraction of sp³-hybridized carbons (Fsp3) is 0.261. The Hall–Kier alpha value is -3.19. The van der Waals surface area contributed by atoms with Crippen LogP contribution in [-0.2, 0) is 15.9 Å². The second kappa shape index (κ2) is 11.7. The van der Waals surface area contributed by atoms with E-state index in [1.807, 2.05) is 0 Å². The van der Waals surface area contributed by atoms with Crippen LogP contribution in [0.5, 0.6) is 0 Å². The summed E-state index contributed by atoms with van der Waals surface area (Å²) in [6, 6.07) is 6.75. The molecule has 0 bridgehead atoms. The number of carbonyl (C=O) groups excluding carboxylic acids is 1. The number of allylic oxidation sites excluding steroid dienone is 5. The van der Waals surface area contributed by atoms with E-state index in [1.54, 1.807) is 37.6 Å². The molecule has 5 nitrogen and oxygen atoms in total. The summed E-state index contributed by atoms with van der Waals surface area (Å²) in [5, 5.41) is 0. The average Bonchev–Trinajstić information content (AvgIpc) is 2.73. The van der Waals surface area contributed by atoms with E-state index in [4.69, 9.17) is 4.74 Å². The Labute approximate surface area is 174 Å². The molecule has 0 aliphatic heterocycles. The molecule has 0 unspecified atom stereocenters. The summed E-state index contributed by atoms with van der Waals surface area (Å²) in [6.07, 6.45) is 6.93. The van der Waals surface area contributed by atoms with Crippen molar-refractivity contribution in [3.63, 3.8) is 0 Å². The SMILES string of the molecule is CO/C=C(F)/C=C(\C=C(/C)F)c1ncc(CCCOC)nc1-c1ccc(C=O)cc1. The van der Waals surface area contributed by atoms with E-state index in [0.29, 0.717) is 35.5 Å². The summed E-state index contributed by atoms with van der Waals surface area (Å²) >= 11 is 0. The minimum absolute atomic E-state index is 0.200. The summed E-state index contributed by atoms with van der Waals surface area (Å²) in [5.74, 6) is -1.21. The van der Waals surface area contributed by atoms with Crippen LogP contribution in [0.2, 0.25) is 0 Å². The number of aromatic nitrogens is 2. The standard InChI is InChI=1S/C23H24F2N2O3/c1-16(24)11-19(12-20(25)15-30-3)22-23(18-8-6-17(14-28)7-9-18)27-21(13-26-22)5-4-10-29-2/h6-9,11-15H,4-5,10H2,1-3H3/b16-11+,19-12+,20-15-. The minimum Gasteiger partial charge on any atom is -0.501 e. The molecule has 0 saturated carbocycles. The fourth-order valence-corrected chi connectivity index (χ4v) is 2.76. The van der Waals surface area contributed by atoms with Gasteiger partial charge in [-0.1, -0.05) is 24.3 Å². The Kier molecular flexibility index (Phi) is 9.03. The van der Waals surface area contributed by atoms with Gasteiger partial charge in [-0.25, -0.2) is 13.8 Å². The zero-order valence-corrected chi connectivity index (χ0v) is 17.2. The number of hydrogen-bond acceptors (Lipinski definition) is 5. The zero-order chi connectivity index (χ0) is 21.9. The Morgan fingerprint density at radius 1 is 1.13 bits per heavy atom. The number of carbonyl (C=O) groups is 1. The van der Waals surface area contributed by atoms with Crippen LogP contribution in [0.3, 0.4) is 0 Å². The van der Waals surface area contributed by atoms with E-state index in [0.717, 1.165) is 30.7 Å². The van der Waals surface area contributed by atoms with Crippen LogP contribution in [-0.4, -0.2) is 37.1 Å². The van der Waals surface area contributed by atoms with E-state index in [-0.39, 0.29) is 5.57 Å². The fourth-order valence-electron chi connectivity index (χ4n) is 2.76. The number of halogens is 2. The number of benzene rings is 1. The Balaban J connectivity index is 2.63. The minimum atomic E-state index is -0.696. The first-order chi connectivity index (χ1) is 14.5. The first kappa shape index (κ1) is 23.1. The topological polar surface area (TPSA) is 61.3 Å². The highest BCUT2D eigenvalue weighted by Gasteiger charge is 2.15. The molecule has 1 heterocycles.